The second-order valence-corrected chi connectivity index (χ2v) is 18.4. The number of nitrogens with two attached hydrogens (primary N) is 1. The molecule has 0 aliphatic carbocycles. The number of carboxylic acid groups (broad SMARTS) is 3. The third-order valence-electron chi connectivity index (χ3n) is 10.5. The number of halogens is 9. The minimum atomic E-state index is -5.08. The summed E-state index contributed by atoms with van der Waals surface area (Å²) in [7, 11) is -4.05. The lowest BCUT2D eigenvalue weighted by molar-refractivity contribution is -0.193. The standard InChI is InChI=1S/C41H47N9O6S.3C2HF3O2/c42-39(43)32-12-6-30(7-13-32)24-44-40(53)35-22-28-8-14-33(15-9-28)45-37(51)25-49-18-20-50(21-19-49)26-38(52)46-34-16-10-29(11-17-34)23-36(41(54)47-35)48-57(55,56)27-31-4-2-1-3-5-31;3*3-2(4,5)1(6)7/h1-17,35-36,48H,18-27H2,(H3,42,43)(H,44,53)(H,45,51)(H,46,52)(H,47,54);3*(H,6,7)/t35-,36+;;;/m0.../s1. The number of piperazine rings is 1. The van der Waals surface area contributed by atoms with E-state index >= 15 is 0 Å². The number of fused-ring (bicyclic) bond motifs is 1. The van der Waals surface area contributed by atoms with E-state index in [0.29, 0.717) is 59.8 Å². The number of amidine groups is 1. The summed E-state index contributed by atoms with van der Waals surface area (Å²) in [4.78, 5) is 84.6. The van der Waals surface area contributed by atoms with E-state index in [1.165, 1.54) is 0 Å². The van der Waals surface area contributed by atoms with Crippen LogP contribution in [-0.2, 0) is 68.7 Å². The highest BCUT2D eigenvalue weighted by Crippen LogP contribution is 2.18. The molecular weight excluding hydrogens is 1090 g/mol. The van der Waals surface area contributed by atoms with Crippen LogP contribution in [0.4, 0.5) is 50.9 Å². The van der Waals surface area contributed by atoms with Crippen molar-refractivity contribution in [2.75, 3.05) is 49.9 Å². The molecule has 0 aromatic heterocycles. The van der Waals surface area contributed by atoms with Crippen molar-refractivity contribution in [3.05, 3.63) is 131 Å². The van der Waals surface area contributed by atoms with Gasteiger partial charge in [-0.15, -0.1) is 0 Å². The molecular formula is C47H50F9N9O12S. The van der Waals surface area contributed by atoms with E-state index < -0.39 is 70.4 Å². The number of rotatable bonds is 8. The molecule has 6 aliphatic heterocycles. The minimum absolute atomic E-state index is 0.0520. The highest BCUT2D eigenvalue weighted by atomic mass is 32.2. The summed E-state index contributed by atoms with van der Waals surface area (Å²) in [5.41, 5.74) is 9.79. The summed E-state index contributed by atoms with van der Waals surface area (Å²) in [6.07, 6.45) is -15.2. The van der Waals surface area contributed by atoms with E-state index in [-0.39, 0.29) is 55.9 Å². The summed E-state index contributed by atoms with van der Waals surface area (Å²) in [5.74, 6) is -10.3. The number of nitrogens with zero attached hydrogens (tertiary/aromatic N) is 2. The minimum Gasteiger partial charge on any atom is -0.475 e. The monoisotopic (exact) mass is 1140 g/mol. The smallest absolute Gasteiger partial charge is 0.475 e. The molecule has 78 heavy (non-hydrogen) atoms. The quantitative estimate of drug-likeness (QED) is 0.0686. The first-order chi connectivity index (χ1) is 36.2. The van der Waals surface area contributed by atoms with Gasteiger partial charge in [0.15, 0.2) is 0 Å². The van der Waals surface area contributed by atoms with Crippen LogP contribution < -0.4 is 31.7 Å². The molecule has 0 spiro atoms. The molecule has 4 aromatic carbocycles. The van der Waals surface area contributed by atoms with Gasteiger partial charge in [-0.05, 0) is 52.9 Å². The van der Waals surface area contributed by atoms with E-state index in [1.54, 1.807) is 103 Å². The van der Waals surface area contributed by atoms with Crippen molar-refractivity contribution >= 4 is 68.8 Å². The van der Waals surface area contributed by atoms with Crippen LogP contribution in [0, 0.1) is 5.41 Å². The number of carboxylic acids is 3. The van der Waals surface area contributed by atoms with Crippen molar-refractivity contribution in [1.29, 1.82) is 5.41 Å². The fourth-order valence-corrected chi connectivity index (χ4v) is 8.01. The summed E-state index contributed by atoms with van der Waals surface area (Å²) in [5, 5.41) is 40.5. The van der Waals surface area contributed by atoms with Crippen LogP contribution in [0.5, 0.6) is 0 Å². The van der Waals surface area contributed by atoms with Crippen LogP contribution in [-0.4, -0.2) is 151 Å². The normalized spacial score (nSPS) is 18.2. The molecule has 6 aliphatic rings. The highest BCUT2D eigenvalue weighted by molar-refractivity contribution is 7.88. The zero-order chi connectivity index (χ0) is 58.6. The molecule has 11 N–H and O–H groups in total. The molecule has 2 atom stereocenters. The predicted molar refractivity (Wildman–Crippen MR) is 259 cm³/mol. The number of sulfonamides is 1. The lowest BCUT2D eigenvalue weighted by Crippen LogP contribution is -2.55. The summed E-state index contributed by atoms with van der Waals surface area (Å²) in [6.45, 7) is 2.99. The average Bonchev–Trinajstić information content (AvgIpc) is 3.34. The van der Waals surface area contributed by atoms with Crippen LogP contribution in [0.3, 0.4) is 0 Å². The third-order valence-corrected chi connectivity index (χ3v) is 11.8. The number of alkyl halides is 9. The van der Waals surface area contributed by atoms with Gasteiger partial charge >= 0.3 is 36.4 Å². The molecule has 6 bridgehead atoms. The van der Waals surface area contributed by atoms with Crippen molar-refractivity contribution in [1.82, 2.24) is 25.2 Å². The Labute approximate surface area is 437 Å². The first-order valence-electron chi connectivity index (χ1n) is 22.4. The number of nitrogens with one attached hydrogen (secondary N) is 6. The largest absolute Gasteiger partial charge is 0.490 e. The van der Waals surface area contributed by atoms with Gasteiger partial charge in [0.25, 0.3) is 0 Å². The molecule has 21 nitrogen and oxygen atoms in total. The van der Waals surface area contributed by atoms with Crippen molar-refractivity contribution in [3.8, 4) is 0 Å². The molecule has 0 unspecified atom stereocenters. The Morgan fingerprint density at radius 3 is 1.40 bits per heavy atom. The first kappa shape index (κ1) is 64.1. The molecule has 6 heterocycles. The maximum Gasteiger partial charge on any atom is 0.490 e. The summed E-state index contributed by atoms with van der Waals surface area (Å²) < 4.78 is 125. The van der Waals surface area contributed by atoms with Crippen LogP contribution in [0.2, 0.25) is 0 Å². The molecule has 0 saturated carbocycles. The zero-order valence-corrected chi connectivity index (χ0v) is 41.2. The number of benzene rings is 4. The van der Waals surface area contributed by atoms with Gasteiger partial charge < -0.3 is 42.3 Å². The average molecular weight is 1140 g/mol. The SMILES string of the molecule is N=C(N)c1ccc(CNC(=O)[C@@H]2Cc3ccc(cc3)NC(=O)CN3CCN(CC3)CC(=O)Nc3ccc(cc3)C[C@@H](NS(=O)(=O)Cc3ccccc3)C(=O)N2)cc1.O=C(O)C(F)(F)F.O=C(O)C(F)(F)F.O=C(O)C(F)(F)F. The van der Waals surface area contributed by atoms with Gasteiger partial charge in [-0.1, -0.05) is 78.9 Å². The maximum absolute atomic E-state index is 14.2. The molecule has 4 amide bonds. The van der Waals surface area contributed by atoms with Gasteiger partial charge in [-0.25, -0.2) is 27.5 Å². The molecule has 31 heteroatoms. The van der Waals surface area contributed by atoms with E-state index in [0.717, 1.165) is 5.56 Å². The fraction of sp³-hybridized carbons (Fsp3) is 0.319. The summed E-state index contributed by atoms with van der Waals surface area (Å²) in [6, 6.07) is 26.7. The Morgan fingerprint density at radius 1 is 0.615 bits per heavy atom. The van der Waals surface area contributed by atoms with Gasteiger partial charge in [-0.2, -0.15) is 39.5 Å². The van der Waals surface area contributed by atoms with Gasteiger partial charge in [0, 0.05) is 56.1 Å². The van der Waals surface area contributed by atoms with Crippen LogP contribution in [0.1, 0.15) is 27.8 Å². The fourth-order valence-electron chi connectivity index (χ4n) is 6.67. The van der Waals surface area contributed by atoms with E-state index in [4.69, 9.17) is 40.8 Å². The van der Waals surface area contributed by atoms with Crippen LogP contribution in [0.15, 0.2) is 103 Å². The number of anilines is 2. The van der Waals surface area contributed by atoms with E-state index in [9.17, 15) is 67.1 Å². The summed E-state index contributed by atoms with van der Waals surface area (Å²) >= 11 is 0. The topological polar surface area (TPSA) is 331 Å². The number of carbonyl (C=O) groups excluding carboxylic acids is 4. The van der Waals surface area contributed by atoms with Crippen molar-refractivity contribution in [2.24, 2.45) is 5.73 Å². The molecule has 10 rings (SSSR count). The van der Waals surface area contributed by atoms with Gasteiger partial charge in [0.2, 0.25) is 33.7 Å². The molecule has 424 valence electrons. The van der Waals surface area contributed by atoms with Gasteiger partial charge in [-0.3, -0.25) is 34.4 Å². The van der Waals surface area contributed by atoms with Crippen LogP contribution >= 0.6 is 0 Å². The number of aliphatic carboxylic acids is 3. The third kappa shape index (κ3) is 23.8. The number of hydrogen-bond acceptors (Lipinski definition) is 12. The Balaban J connectivity index is 0.000000641. The van der Waals surface area contributed by atoms with Gasteiger partial charge in [0.05, 0.1) is 18.8 Å². The van der Waals surface area contributed by atoms with Crippen molar-refractivity contribution in [2.45, 2.75) is 55.8 Å². The number of nitrogen functional groups attached to an aromatic ring is 1. The Hall–Kier alpha value is -8.16. The second-order valence-electron chi connectivity index (χ2n) is 16.7. The highest BCUT2D eigenvalue weighted by Gasteiger charge is 2.39. The van der Waals surface area contributed by atoms with Gasteiger partial charge in [0.1, 0.15) is 17.9 Å². The Bertz CT molecular complexity index is 2760. The van der Waals surface area contributed by atoms with Crippen molar-refractivity contribution in [3.63, 3.8) is 0 Å². The number of carbonyl (C=O) groups is 7. The van der Waals surface area contributed by atoms with E-state index in [1.807, 2.05) is 9.80 Å². The Morgan fingerprint density at radius 2 is 1.01 bits per heavy atom. The molecule has 0 radical (unpaired) electrons. The Kier molecular flexibility index (Phi) is 23.7. The van der Waals surface area contributed by atoms with Crippen molar-refractivity contribution < 1.29 is 96.8 Å². The predicted octanol–water partition coefficient (Wildman–Crippen LogP) is 3.45. The molecule has 1 saturated heterocycles. The van der Waals surface area contributed by atoms with E-state index in [2.05, 4.69) is 26.0 Å². The lowest BCUT2D eigenvalue weighted by atomic mass is 10.0. The first-order valence-corrected chi connectivity index (χ1v) is 24.0. The second kappa shape index (κ2) is 28.8. The number of amides is 4. The van der Waals surface area contributed by atoms with Crippen LogP contribution in [0.25, 0.3) is 0 Å². The molecule has 4 aromatic rings. The number of hydrogen-bond donors (Lipinski definition) is 10. The zero-order valence-electron chi connectivity index (χ0n) is 40.3. The lowest BCUT2D eigenvalue weighted by Gasteiger charge is -2.33. The maximum atomic E-state index is 14.2. The molecule has 1 fully saturated rings.